The summed E-state index contributed by atoms with van der Waals surface area (Å²) in [6, 6.07) is 2.05. The minimum atomic E-state index is 0.00858. The summed E-state index contributed by atoms with van der Waals surface area (Å²) in [7, 11) is 1.72. The Balaban J connectivity index is 2.18. The van der Waals surface area contributed by atoms with Crippen LogP contribution in [0.2, 0.25) is 0 Å². The molecule has 0 radical (unpaired) electrons. The van der Waals surface area contributed by atoms with E-state index in [0.717, 1.165) is 21.1 Å². The van der Waals surface area contributed by atoms with Gasteiger partial charge in [-0.05, 0) is 26.3 Å². The largest absolute Gasteiger partial charge is 0.344 e. The predicted octanol–water partition coefficient (Wildman–Crippen LogP) is 3.08. The molecular weight excluding hydrogens is 316 g/mol. The van der Waals surface area contributed by atoms with Crippen molar-refractivity contribution in [1.82, 2.24) is 14.9 Å². The number of carbonyl (C=O) groups excluding carboxylic acids is 1. The van der Waals surface area contributed by atoms with Crippen LogP contribution in [-0.2, 0) is 4.79 Å². The third kappa shape index (κ3) is 3.57. The van der Waals surface area contributed by atoms with Gasteiger partial charge in [0.2, 0.25) is 5.91 Å². The van der Waals surface area contributed by atoms with Gasteiger partial charge >= 0.3 is 0 Å². The molecule has 0 aromatic carbocycles. The molecule has 7 heteroatoms. The van der Waals surface area contributed by atoms with Crippen LogP contribution in [0, 0.1) is 32.1 Å². The van der Waals surface area contributed by atoms with Crippen LogP contribution in [-0.4, -0.2) is 40.1 Å². The Morgan fingerprint density at radius 2 is 2.09 bits per heavy atom. The molecule has 116 valence electrons. The Labute approximate surface area is 138 Å². The van der Waals surface area contributed by atoms with Crippen molar-refractivity contribution in [2.45, 2.75) is 32.2 Å². The molecule has 22 heavy (non-hydrogen) atoms. The quantitative estimate of drug-likeness (QED) is 0.621. The highest BCUT2D eigenvalue weighted by Crippen LogP contribution is 2.35. The highest BCUT2D eigenvalue weighted by atomic mass is 32.2. The Morgan fingerprint density at radius 3 is 2.77 bits per heavy atom. The van der Waals surface area contributed by atoms with Gasteiger partial charge in [-0.25, -0.2) is 9.97 Å². The van der Waals surface area contributed by atoms with Crippen LogP contribution in [0.1, 0.15) is 22.7 Å². The lowest BCUT2D eigenvalue weighted by molar-refractivity contribution is -0.127. The van der Waals surface area contributed by atoms with Crippen LogP contribution in [0.3, 0.4) is 0 Å². The van der Waals surface area contributed by atoms with Crippen molar-refractivity contribution in [2.24, 2.45) is 0 Å². The van der Waals surface area contributed by atoms with Crippen molar-refractivity contribution in [3.05, 3.63) is 16.3 Å². The van der Waals surface area contributed by atoms with Gasteiger partial charge in [-0.3, -0.25) is 4.79 Å². The number of amides is 1. The molecule has 0 saturated carbocycles. The first kappa shape index (κ1) is 16.7. The van der Waals surface area contributed by atoms with Crippen molar-refractivity contribution in [1.29, 1.82) is 5.26 Å². The minimum Gasteiger partial charge on any atom is -0.344 e. The number of aryl methyl sites for hydroxylation is 3. The average molecular weight is 334 g/mol. The topological polar surface area (TPSA) is 69.9 Å². The van der Waals surface area contributed by atoms with Gasteiger partial charge in [-0.15, -0.1) is 11.3 Å². The van der Waals surface area contributed by atoms with E-state index >= 15 is 0 Å². The van der Waals surface area contributed by atoms with Gasteiger partial charge in [0.1, 0.15) is 15.7 Å². The summed E-state index contributed by atoms with van der Waals surface area (Å²) in [5.41, 5.74) is 1.19. The van der Waals surface area contributed by atoms with Gasteiger partial charge in [0.25, 0.3) is 0 Å². The van der Waals surface area contributed by atoms with Crippen LogP contribution < -0.4 is 0 Å². The van der Waals surface area contributed by atoms with E-state index in [-0.39, 0.29) is 5.91 Å². The van der Waals surface area contributed by atoms with E-state index in [1.165, 1.54) is 22.2 Å². The summed E-state index contributed by atoms with van der Waals surface area (Å²) in [4.78, 5) is 24.9. The van der Waals surface area contributed by atoms with Crippen LogP contribution in [0.5, 0.6) is 0 Å². The van der Waals surface area contributed by atoms with Crippen molar-refractivity contribution in [3.8, 4) is 6.07 Å². The zero-order chi connectivity index (χ0) is 16.3. The maximum absolute atomic E-state index is 12.1. The highest BCUT2D eigenvalue weighted by Gasteiger charge is 2.16. The first-order valence-corrected chi connectivity index (χ1v) is 8.72. The number of nitrogens with zero attached hydrogens (tertiary/aromatic N) is 4. The van der Waals surface area contributed by atoms with E-state index in [1.54, 1.807) is 23.3 Å². The fraction of sp³-hybridized carbons (Fsp3) is 0.467. The number of nitriles is 1. The van der Waals surface area contributed by atoms with Crippen LogP contribution in [0.25, 0.3) is 10.2 Å². The number of carbonyl (C=O) groups is 1. The van der Waals surface area contributed by atoms with E-state index in [0.29, 0.717) is 18.7 Å². The molecule has 0 N–H and O–H groups in total. The summed E-state index contributed by atoms with van der Waals surface area (Å²) in [6.07, 6.45) is 0.354. The summed E-state index contributed by atoms with van der Waals surface area (Å²) in [5.74, 6) is 1.05. The van der Waals surface area contributed by atoms with E-state index < -0.39 is 0 Å². The molecule has 0 bridgehead atoms. The lowest BCUT2D eigenvalue weighted by Gasteiger charge is -2.15. The maximum Gasteiger partial charge on any atom is 0.232 e. The fourth-order valence-electron chi connectivity index (χ4n) is 2.00. The van der Waals surface area contributed by atoms with Gasteiger partial charge in [0.15, 0.2) is 0 Å². The van der Waals surface area contributed by atoms with Crippen LogP contribution >= 0.6 is 23.1 Å². The Morgan fingerprint density at radius 1 is 1.36 bits per heavy atom. The Hall–Kier alpha value is -1.65. The summed E-state index contributed by atoms with van der Waals surface area (Å²) >= 11 is 3.11. The molecular formula is C15H18N4OS2. The van der Waals surface area contributed by atoms with E-state index in [9.17, 15) is 4.79 Å². The monoisotopic (exact) mass is 334 g/mol. The number of thiophene rings is 1. The number of rotatable bonds is 5. The number of aromatic nitrogens is 2. The number of hydrogen-bond donors (Lipinski definition) is 0. The molecule has 0 aliphatic carbocycles. The third-order valence-corrected chi connectivity index (χ3v) is 5.49. The highest BCUT2D eigenvalue weighted by molar-refractivity contribution is 8.00. The molecule has 0 aliphatic rings. The first-order chi connectivity index (χ1) is 10.4. The molecule has 0 atom stereocenters. The minimum absolute atomic E-state index is 0.00858. The number of hydrogen-bond acceptors (Lipinski definition) is 6. The molecule has 2 aromatic rings. The van der Waals surface area contributed by atoms with Gasteiger partial charge in [0, 0.05) is 23.9 Å². The molecule has 0 fully saturated rings. The molecule has 0 unspecified atom stereocenters. The summed E-state index contributed by atoms with van der Waals surface area (Å²) in [5, 5.41) is 10.5. The van der Waals surface area contributed by atoms with Crippen molar-refractivity contribution >= 4 is 39.2 Å². The van der Waals surface area contributed by atoms with Crippen molar-refractivity contribution in [2.75, 3.05) is 19.3 Å². The molecule has 5 nitrogen and oxygen atoms in total. The SMILES string of the molecule is Cc1nc(SCC(=O)N(C)CCC#N)c2c(C)c(C)sc2n1. The van der Waals surface area contributed by atoms with Crippen molar-refractivity contribution in [3.63, 3.8) is 0 Å². The number of thioether (sulfide) groups is 1. The molecule has 0 aliphatic heterocycles. The zero-order valence-electron chi connectivity index (χ0n) is 13.1. The first-order valence-electron chi connectivity index (χ1n) is 6.92. The normalized spacial score (nSPS) is 10.7. The second-order valence-electron chi connectivity index (χ2n) is 5.05. The van der Waals surface area contributed by atoms with E-state index in [2.05, 4.69) is 23.8 Å². The van der Waals surface area contributed by atoms with E-state index in [1.807, 2.05) is 13.0 Å². The standard InChI is InChI=1S/C15H18N4OS2/c1-9-10(2)22-15-13(9)14(17-11(3)18-15)21-8-12(20)19(4)7-5-6-16/h5,7-8H2,1-4H3. The smallest absolute Gasteiger partial charge is 0.232 e. The molecule has 0 spiro atoms. The maximum atomic E-state index is 12.1. The lowest BCUT2D eigenvalue weighted by Crippen LogP contribution is -2.29. The Kier molecular flexibility index (Phi) is 5.37. The van der Waals surface area contributed by atoms with Crippen LogP contribution in [0.4, 0.5) is 0 Å². The average Bonchev–Trinajstić information content (AvgIpc) is 2.76. The van der Waals surface area contributed by atoms with E-state index in [4.69, 9.17) is 5.26 Å². The third-order valence-electron chi connectivity index (χ3n) is 3.42. The van der Waals surface area contributed by atoms with Crippen LogP contribution in [0.15, 0.2) is 5.03 Å². The second kappa shape index (κ2) is 7.07. The zero-order valence-corrected chi connectivity index (χ0v) is 14.8. The fourth-order valence-corrected chi connectivity index (χ4v) is 4.21. The van der Waals surface area contributed by atoms with Gasteiger partial charge in [-0.2, -0.15) is 5.26 Å². The molecule has 2 rings (SSSR count). The predicted molar refractivity (Wildman–Crippen MR) is 90.2 cm³/mol. The summed E-state index contributed by atoms with van der Waals surface area (Å²) < 4.78 is 0. The van der Waals surface area contributed by atoms with Crippen molar-refractivity contribution < 1.29 is 4.79 Å². The van der Waals surface area contributed by atoms with Gasteiger partial charge < -0.3 is 4.90 Å². The lowest BCUT2D eigenvalue weighted by atomic mass is 10.2. The Bertz CT molecular complexity index is 748. The number of fused-ring (bicyclic) bond motifs is 1. The van der Waals surface area contributed by atoms with Gasteiger partial charge in [-0.1, -0.05) is 11.8 Å². The molecule has 2 aromatic heterocycles. The molecule has 1 amide bonds. The second-order valence-corrected chi connectivity index (χ2v) is 7.22. The van der Waals surface area contributed by atoms with Gasteiger partial charge in [0.05, 0.1) is 18.2 Å². The summed E-state index contributed by atoms with van der Waals surface area (Å²) in [6.45, 7) is 6.48. The molecule has 2 heterocycles. The molecule has 0 saturated heterocycles.